The lowest BCUT2D eigenvalue weighted by Gasteiger charge is -2.31. The van der Waals surface area contributed by atoms with E-state index in [4.69, 9.17) is 5.73 Å². The second-order valence-electron chi connectivity index (χ2n) is 5.13. The van der Waals surface area contributed by atoms with E-state index < -0.39 is 11.8 Å². The van der Waals surface area contributed by atoms with Crippen molar-refractivity contribution in [2.45, 2.75) is 39.2 Å². The van der Waals surface area contributed by atoms with Gasteiger partial charge in [-0.05, 0) is 31.1 Å². The van der Waals surface area contributed by atoms with Crippen molar-refractivity contribution in [2.24, 2.45) is 17.6 Å². The van der Waals surface area contributed by atoms with Crippen molar-refractivity contribution in [2.75, 3.05) is 13.1 Å². The zero-order chi connectivity index (χ0) is 12.8. The minimum atomic E-state index is -0.582. The van der Waals surface area contributed by atoms with E-state index in [1.54, 1.807) is 0 Å². The number of hydrogen-bond donors (Lipinski definition) is 3. The lowest BCUT2D eigenvalue weighted by atomic mass is 9.80. The van der Waals surface area contributed by atoms with Crippen molar-refractivity contribution in [1.82, 2.24) is 10.6 Å². The minimum absolute atomic E-state index is 0.130. The van der Waals surface area contributed by atoms with E-state index in [2.05, 4.69) is 24.5 Å². The van der Waals surface area contributed by atoms with Gasteiger partial charge in [0.05, 0.1) is 0 Å². The second kappa shape index (κ2) is 6.59. The van der Waals surface area contributed by atoms with Crippen molar-refractivity contribution in [3.63, 3.8) is 0 Å². The molecule has 2 atom stereocenters. The number of rotatable bonds is 3. The third kappa shape index (κ3) is 4.73. The first-order valence-electron chi connectivity index (χ1n) is 6.31. The van der Waals surface area contributed by atoms with Crippen LogP contribution in [0.15, 0.2) is 0 Å². The van der Waals surface area contributed by atoms with E-state index in [1.807, 2.05) is 0 Å². The monoisotopic (exact) mass is 241 g/mol. The highest BCUT2D eigenvalue weighted by Gasteiger charge is 2.26. The number of carbonyl (C=O) groups excluding carboxylic acids is 2. The summed E-state index contributed by atoms with van der Waals surface area (Å²) in [6, 6.07) is 0.130. The molecular formula is C12H23N3O2. The third-order valence-corrected chi connectivity index (χ3v) is 3.15. The first-order chi connectivity index (χ1) is 8.02. The Kier molecular flexibility index (Phi) is 5.41. The maximum Gasteiger partial charge on any atom is 0.309 e. The van der Waals surface area contributed by atoms with E-state index in [9.17, 15) is 9.59 Å². The van der Waals surface area contributed by atoms with Gasteiger partial charge in [0.25, 0.3) is 0 Å². The largest absolute Gasteiger partial charge is 0.347 e. The van der Waals surface area contributed by atoms with E-state index >= 15 is 0 Å². The zero-order valence-electron chi connectivity index (χ0n) is 10.7. The summed E-state index contributed by atoms with van der Waals surface area (Å²) in [5.41, 5.74) is 5.25. The molecule has 0 aliphatic heterocycles. The lowest BCUT2D eigenvalue weighted by Crippen LogP contribution is -2.47. The highest BCUT2D eigenvalue weighted by atomic mass is 16.2. The van der Waals surface area contributed by atoms with Gasteiger partial charge in [0, 0.05) is 19.1 Å². The van der Waals surface area contributed by atoms with Crippen LogP contribution in [0.3, 0.4) is 0 Å². The Balaban J connectivity index is 2.37. The fourth-order valence-corrected chi connectivity index (χ4v) is 2.58. The number of amides is 2. The predicted molar refractivity (Wildman–Crippen MR) is 66.2 cm³/mol. The Hall–Kier alpha value is -1.10. The van der Waals surface area contributed by atoms with Crippen LogP contribution < -0.4 is 16.4 Å². The molecule has 0 saturated heterocycles. The van der Waals surface area contributed by atoms with Crippen LogP contribution in [-0.2, 0) is 9.59 Å². The molecule has 4 N–H and O–H groups in total. The van der Waals surface area contributed by atoms with Gasteiger partial charge in [-0.2, -0.15) is 0 Å². The molecule has 1 aliphatic rings. The summed E-state index contributed by atoms with van der Waals surface area (Å²) in [7, 11) is 0. The summed E-state index contributed by atoms with van der Waals surface area (Å²) in [5, 5.41) is 5.26. The Bertz CT molecular complexity index is 271. The highest BCUT2D eigenvalue weighted by Crippen LogP contribution is 2.28. The first-order valence-corrected chi connectivity index (χ1v) is 6.31. The maximum absolute atomic E-state index is 11.6. The molecule has 2 unspecified atom stereocenters. The van der Waals surface area contributed by atoms with Crippen molar-refractivity contribution in [1.29, 1.82) is 0 Å². The van der Waals surface area contributed by atoms with Crippen molar-refractivity contribution >= 4 is 11.8 Å². The van der Waals surface area contributed by atoms with Crippen molar-refractivity contribution in [3.05, 3.63) is 0 Å². The second-order valence-corrected chi connectivity index (χ2v) is 5.13. The van der Waals surface area contributed by atoms with Crippen LogP contribution in [-0.4, -0.2) is 30.9 Å². The molecule has 5 heteroatoms. The molecule has 0 spiro atoms. The molecule has 5 nitrogen and oxygen atoms in total. The fourth-order valence-electron chi connectivity index (χ4n) is 2.58. The van der Waals surface area contributed by atoms with E-state index in [1.165, 1.54) is 6.42 Å². The summed E-state index contributed by atoms with van der Waals surface area (Å²) in [6.07, 6.45) is 3.12. The van der Waals surface area contributed by atoms with Gasteiger partial charge in [-0.3, -0.25) is 9.59 Å². The summed E-state index contributed by atoms with van der Waals surface area (Å²) in [4.78, 5) is 22.9. The molecule has 0 heterocycles. The smallest absolute Gasteiger partial charge is 0.309 e. The van der Waals surface area contributed by atoms with Gasteiger partial charge in [0.15, 0.2) is 0 Å². The molecule has 98 valence electrons. The van der Waals surface area contributed by atoms with E-state index in [0.717, 1.165) is 12.8 Å². The fraction of sp³-hybridized carbons (Fsp3) is 0.833. The van der Waals surface area contributed by atoms with E-state index in [0.29, 0.717) is 24.9 Å². The molecule has 1 fully saturated rings. The molecule has 0 aromatic rings. The van der Waals surface area contributed by atoms with Gasteiger partial charge in [-0.15, -0.1) is 0 Å². The lowest BCUT2D eigenvalue weighted by molar-refractivity contribution is -0.139. The normalized spacial score (nSPS) is 28.5. The highest BCUT2D eigenvalue weighted by molar-refractivity contribution is 6.35. The Morgan fingerprint density at radius 2 is 1.71 bits per heavy atom. The third-order valence-electron chi connectivity index (χ3n) is 3.15. The molecule has 1 aliphatic carbocycles. The van der Waals surface area contributed by atoms with Gasteiger partial charge in [0.1, 0.15) is 0 Å². The molecule has 0 radical (unpaired) electrons. The number of hydrogen-bond acceptors (Lipinski definition) is 3. The molecule has 0 bridgehead atoms. The van der Waals surface area contributed by atoms with E-state index in [-0.39, 0.29) is 6.04 Å². The van der Waals surface area contributed by atoms with Crippen LogP contribution >= 0.6 is 0 Å². The summed E-state index contributed by atoms with van der Waals surface area (Å²) in [6.45, 7) is 5.05. The van der Waals surface area contributed by atoms with Crippen LogP contribution in [0.25, 0.3) is 0 Å². The average molecular weight is 241 g/mol. The summed E-state index contributed by atoms with van der Waals surface area (Å²) >= 11 is 0. The summed E-state index contributed by atoms with van der Waals surface area (Å²) in [5.74, 6) is 0.0957. The zero-order valence-corrected chi connectivity index (χ0v) is 10.7. The first kappa shape index (κ1) is 14.0. The van der Waals surface area contributed by atoms with Crippen molar-refractivity contribution in [3.8, 4) is 0 Å². The standard InChI is InChI=1S/C12H23N3O2/c1-8-5-9(2)7-10(6-8)15-12(17)11(16)14-4-3-13/h8-10H,3-7,13H2,1-2H3,(H,14,16)(H,15,17). The molecule has 2 amide bonds. The molecule has 0 aromatic carbocycles. The molecule has 17 heavy (non-hydrogen) atoms. The van der Waals surface area contributed by atoms with Gasteiger partial charge in [-0.1, -0.05) is 13.8 Å². The van der Waals surface area contributed by atoms with Crippen molar-refractivity contribution < 1.29 is 9.59 Å². The van der Waals surface area contributed by atoms with Gasteiger partial charge >= 0.3 is 11.8 Å². The topological polar surface area (TPSA) is 84.2 Å². The van der Waals surface area contributed by atoms with Gasteiger partial charge < -0.3 is 16.4 Å². The van der Waals surface area contributed by atoms with Crippen LogP contribution in [0, 0.1) is 11.8 Å². The van der Waals surface area contributed by atoms with Crippen LogP contribution in [0.2, 0.25) is 0 Å². The Morgan fingerprint density at radius 1 is 1.12 bits per heavy atom. The van der Waals surface area contributed by atoms with Gasteiger partial charge in [0.2, 0.25) is 0 Å². The van der Waals surface area contributed by atoms with Gasteiger partial charge in [-0.25, -0.2) is 0 Å². The Morgan fingerprint density at radius 3 is 2.24 bits per heavy atom. The molecule has 1 rings (SSSR count). The number of nitrogens with two attached hydrogens (primary N) is 1. The maximum atomic E-state index is 11.6. The summed E-state index contributed by atoms with van der Waals surface area (Å²) < 4.78 is 0. The van der Waals surface area contributed by atoms with Crippen LogP contribution in [0.5, 0.6) is 0 Å². The average Bonchev–Trinajstić information content (AvgIpc) is 2.24. The Labute approximate surface area is 103 Å². The number of carbonyl (C=O) groups is 2. The quantitative estimate of drug-likeness (QED) is 0.608. The molecule has 1 saturated carbocycles. The predicted octanol–water partition coefficient (Wildman–Crippen LogP) is 0.00220. The molecular weight excluding hydrogens is 218 g/mol. The number of nitrogens with one attached hydrogen (secondary N) is 2. The minimum Gasteiger partial charge on any atom is -0.347 e. The van der Waals surface area contributed by atoms with Crippen LogP contribution in [0.4, 0.5) is 0 Å². The van der Waals surface area contributed by atoms with Crippen LogP contribution in [0.1, 0.15) is 33.1 Å². The molecule has 0 aromatic heterocycles. The SMILES string of the molecule is CC1CC(C)CC(NC(=O)C(=O)NCCN)C1.